The molecule has 0 unspecified atom stereocenters. The molecule has 5 nitrogen and oxygen atoms in total. The Labute approximate surface area is 108 Å². The van der Waals surface area contributed by atoms with Crippen LogP contribution in [0.25, 0.3) is 0 Å². The van der Waals surface area contributed by atoms with Crippen LogP contribution in [-0.2, 0) is 9.53 Å². The van der Waals surface area contributed by atoms with Crippen LogP contribution in [0.15, 0.2) is 24.3 Å². The second-order valence-electron chi connectivity index (χ2n) is 4.18. The number of ether oxygens (including phenoxy) is 1. The summed E-state index contributed by atoms with van der Waals surface area (Å²) in [5, 5.41) is 2.80. The average Bonchev–Trinajstić information content (AvgIpc) is 2.36. The van der Waals surface area contributed by atoms with E-state index in [0.717, 1.165) is 6.54 Å². The Morgan fingerprint density at radius 3 is 2.78 bits per heavy atom. The summed E-state index contributed by atoms with van der Waals surface area (Å²) in [7, 11) is 3.63. The van der Waals surface area contributed by atoms with Crippen molar-refractivity contribution in [1.29, 1.82) is 0 Å². The molecule has 5 heteroatoms. The molecular formula is C13H21N3O2. The largest absolute Gasteiger partial charge is 0.397 e. The smallest absolute Gasteiger partial charge is 0.225 e. The monoisotopic (exact) mass is 251 g/mol. The van der Waals surface area contributed by atoms with Gasteiger partial charge in [0.1, 0.15) is 0 Å². The standard InChI is InChI=1S/C13H21N3O2/c1-16(9-10-18-2)8-7-13(17)15-12-6-4-3-5-11(12)14/h3-6H,7-10,14H2,1-2H3,(H,15,17). The second kappa shape index (κ2) is 7.68. The molecule has 18 heavy (non-hydrogen) atoms. The molecule has 0 fully saturated rings. The lowest BCUT2D eigenvalue weighted by Gasteiger charge is -2.15. The number of carbonyl (C=O) groups is 1. The van der Waals surface area contributed by atoms with Gasteiger partial charge < -0.3 is 20.7 Å². The highest BCUT2D eigenvalue weighted by atomic mass is 16.5. The lowest BCUT2D eigenvalue weighted by molar-refractivity contribution is -0.116. The first-order valence-electron chi connectivity index (χ1n) is 5.95. The normalized spacial score (nSPS) is 10.6. The van der Waals surface area contributed by atoms with E-state index >= 15 is 0 Å². The number of nitrogen functional groups attached to an aromatic ring is 1. The molecule has 100 valence electrons. The average molecular weight is 251 g/mol. The van der Waals surface area contributed by atoms with Crippen LogP contribution in [0.3, 0.4) is 0 Å². The van der Waals surface area contributed by atoms with Crippen molar-refractivity contribution in [3.63, 3.8) is 0 Å². The predicted molar refractivity (Wildman–Crippen MR) is 73.5 cm³/mol. The Morgan fingerprint density at radius 1 is 1.39 bits per heavy atom. The fourth-order valence-electron chi connectivity index (χ4n) is 1.47. The van der Waals surface area contributed by atoms with Crippen molar-refractivity contribution in [2.24, 2.45) is 0 Å². The number of para-hydroxylation sites is 2. The molecule has 0 spiro atoms. The van der Waals surface area contributed by atoms with Gasteiger partial charge in [-0.3, -0.25) is 4.79 Å². The van der Waals surface area contributed by atoms with Crippen LogP contribution in [0, 0.1) is 0 Å². The molecule has 1 aromatic rings. The number of amides is 1. The lowest BCUT2D eigenvalue weighted by atomic mass is 10.2. The summed E-state index contributed by atoms with van der Waals surface area (Å²) >= 11 is 0. The summed E-state index contributed by atoms with van der Waals surface area (Å²) in [4.78, 5) is 13.8. The minimum Gasteiger partial charge on any atom is -0.397 e. The van der Waals surface area contributed by atoms with Crippen molar-refractivity contribution in [3.8, 4) is 0 Å². The number of methoxy groups -OCH3 is 1. The van der Waals surface area contributed by atoms with E-state index in [9.17, 15) is 4.79 Å². The van der Waals surface area contributed by atoms with Crippen LogP contribution in [-0.4, -0.2) is 44.7 Å². The highest BCUT2D eigenvalue weighted by Gasteiger charge is 2.06. The molecule has 0 bridgehead atoms. The quantitative estimate of drug-likeness (QED) is 0.714. The maximum Gasteiger partial charge on any atom is 0.225 e. The number of nitrogens with two attached hydrogens (primary N) is 1. The Bertz CT molecular complexity index is 382. The second-order valence-corrected chi connectivity index (χ2v) is 4.18. The molecule has 3 N–H and O–H groups in total. The lowest BCUT2D eigenvalue weighted by Crippen LogP contribution is -2.27. The Morgan fingerprint density at radius 2 is 2.11 bits per heavy atom. The topological polar surface area (TPSA) is 67.6 Å². The number of nitrogens with zero attached hydrogens (tertiary/aromatic N) is 1. The van der Waals surface area contributed by atoms with Crippen LogP contribution in [0.5, 0.6) is 0 Å². The maximum atomic E-state index is 11.7. The molecule has 0 aromatic heterocycles. The number of anilines is 2. The molecule has 1 amide bonds. The van der Waals surface area contributed by atoms with Gasteiger partial charge in [0.05, 0.1) is 18.0 Å². The summed E-state index contributed by atoms with van der Waals surface area (Å²) in [6.45, 7) is 2.18. The Kier molecular flexibility index (Phi) is 6.18. The fraction of sp³-hybridized carbons (Fsp3) is 0.462. The van der Waals surface area contributed by atoms with E-state index in [1.165, 1.54) is 0 Å². The molecule has 0 aliphatic carbocycles. The summed E-state index contributed by atoms with van der Waals surface area (Å²) < 4.78 is 4.97. The maximum absolute atomic E-state index is 11.7. The third-order valence-corrected chi connectivity index (χ3v) is 2.63. The number of nitrogens with one attached hydrogen (secondary N) is 1. The SMILES string of the molecule is COCCN(C)CCC(=O)Nc1ccccc1N. The fourth-order valence-corrected chi connectivity index (χ4v) is 1.47. The van der Waals surface area contributed by atoms with Crippen molar-refractivity contribution in [2.45, 2.75) is 6.42 Å². The number of hydrogen-bond donors (Lipinski definition) is 2. The third-order valence-electron chi connectivity index (χ3n) is 2.63. The van der Waals surface area contributed by atoms with Gasteiger partial charge >= 0.3 is 0 Å². The summed E-state index contributed by atoms with van der Waals surface area (Å²) in [6, 6.07) is 7.24. The highest BCUT2D eigenvalue weighted by Crippen LogP contribution is 2.16. The van der Waals surface area contributed by atoms with Gasteiger partial charge in [-0.15, -0.1) is 0 Å². The van der Waals surface area contributed by atoms with Gasteiger partial charge in [0.25, 0.3) is 0 Å². The zero-order chi connectivity index (χ0) is 13.4. The predicted octanol–water partition coefficient (Wildman–Crippen LogP) is 1.18. The van der Waals surface area contributed by atoms with Crippen LogP contribution in [0.4, 0.5) is 11.4 Å². The zero-order valence-corrected chi connectivity index (χ0v) is 11.0. The van der Waals surface area contributed by atoms with Crippen molar-refractivity contribution in [3.05, 3.63) is 24.3 Å². The van der Waals surface area contributed by atoms with Gasteiger partial charge in [-0.05, 0) is 19.2 Å². The van der Waals surface area contributed by atoms with Gasteiger partial charge in [-0.25, -0.2) is 0 Å². The third kappa shape index (κ3) is 5.16. The van der Waals surface area contributed by atoms with E-state index in [-0.39, 0.29) is 5.91 Å². The Balaban J connectivity index is 2.32. The molecule has 0 aliphatic heterocycles. The van der Waals surface area contributed by atoms with E-state index in [0.29, 0.717) is 30.9 Å². The number of hydrogen-bond acceptors (Lipinski definition) is 4. The van der Waals surface area contributed by atoms with E-state index < -0.39 is 0 Å². The molecule has 1 rings (SSSR count). The molecule has 1 aromatic carbocycles. The van der Waals surface area contributed by atoms with Crippen LogP contribution < -0.4 is 11.1 Å². The van der Waals surface area contributed by atoms with E-state index in [4.69, 9.17) is 10.5 Å². The minimum absolute atomic E-state index is 0.0304. The first-order chi connectivity index (χ1) is 8.63. The molecule has 0 saturated carbocycles. The number of likely N-dealkylation sites (N-methyl/N-ethyl adjacent to an activating group) is 1. The van der Waals surface area contributed by atoms with Gasteiger partial charge in [0.15, 0.2) is 0 Å². The molecule has 0 atom stereocenters. The molecule has 0 radical (unpaired) electrons. The molecule has 0 saturated heterocycles. The van der Waals surface area contributed by atoms with Gasteiger partial charge in [0.2, 0.25) is 5.91 Å². The Hall–Kier alpha value is -1.59. The van der Waals surface area contributed by atoms with E-state index in [1.54, 1.807) is 19.2 Å². The van der Waals surface area contributed by atoms with Gasteiger partial charge in [-0.1, -0.05) is 12.1 Å². The van der Waals surface area contributed by atoms with E-state index in [2.05, 4.69) is 10.2 Å². The first kappa shape index (κ1) is 14.5. The minimum atomic E-state index is -0.0304. The summed E-state index contributed by atoms with van der Waals surface area (Å²) in [5.74, 6) is -0.0304. The summed E-state index contributed by atoms with van der Waals surface area (Å²) in [5.41, 5.74) is 7.00. The molecular weight excluding hydrogens is 230 g/mol. The van der Waals surface area contributed by atoms with E-state index in [1.807, 2.05) is 19.2 Å². The number of rotatable bonds is 7. The van der Waals surface area contributed by atoms with Crippen molar-refractivity contribution in [2.75, 3.05) is 44.9 Å². The van der Waals surface area contributed by atoms with Crippen molar-refractivity contribution < 1.29 is 9.53 Å². The molecule has 0 heterocycles. The van der Waals surface area contributed by atoms with Gasteiger partial charge in [-0.2, -0.15) is 0 Å². The van der Waals surface area contributed by atoms with Crippen molar-refractivity contribution >= 4 is 17.3 Å². The van der Waals surface area contributed by atoms with Crippen LogP contribution >= 0.6 is 0 Å². The summed E-state index contributed by atoms with van der Waals surface area (Å²) in [6.07, 6.45) is 0.439. The number of benzene rings is 1. The zero-order valence-electron chi connectivity index (χ0n) is 11.0. The first-order valence-corrected chi connectivity index (χ1v) is 5.95. The van der Waals surface area contributed by atoms with Crippen LogP contribution in [0.1, 0.15) is 6.42 Å². The van der Waals surface area contributed by atoms with Crippen LogP contribution in [0.2, 0.25) is 0 Å². The van der Waals surface area contributed by atoms with Gasteiger partial charge in [0, 0.05) is 26.6 Å². The number of carbonyl (C=O) groups excluding carboxylic acids is 1. The molecule has 0 aliphatic rings. The highest BCUT2D eigenvalue weighted by molar-refractivity contribution is 5.93. The van der Waals surface area contributed by atoms with Crippen molar-refractivity contribution in [1.82, 2.24) is 4.90 Å².